The van der Waals surface area contributed by atoms with Crippen molar-refractivity contribution in [2.75, 3.05) is 12.3 Å². The van der Waals surface area contributed by atoms with Crippen molar-refractivity contribution in [3.8, 4) is 0 Å². The van der Waals surface area contributed by atoms with E-state index in [-0.39, 0.29) is 11.3 Å². The van der Waals surface area contributed by atoms with E-state index in [4.69, 9.17) is 10.8 Å². The Morgan fingerprint density at radius 2 is 2.13 bits per heavy atom. The summed E-state index contributed by atoms with van der Waals surface area (Å²) in [6, 6.07) is 3.41. The van der Waals surface area contributed by atoms with Crippen LogP contribution in [-0.4, -0.2) is 23.7 Å². The second-order valence-electron chi connectivity index (χ2n) is 2.71. The number of nitrogens with two attached hydrogens (primary N) is 1. The SMILES string of the molecule is Nc1ccc(C(=O)OCC(=O)O)c(F)c1. The van der Waals surface area contributed by atoms with Crippen LogP contribution in [0, 0.1) is 5.82 Å². The first-order valence-corrected chi connectivity index (χ1v) is 3.94. The predicted octanol–water partition coefficient (Wildman–Crippen LogP) is 0.649. The average Bonchev–Trinajstić information content (AvgIpc) is 2.14. The fourth-order valence-electron chi connectivity index (χ4n) is 0.902. The lowest BCUT2D eigenvalue weighted by Crippen LogP contribution is -2.14. The summed E-state index contributed by atoms with van der Waals surface area (Å²) in [5.74, 6) is -3.18. The van der Waals surface area contributed by atoms with Gasteiger partial charge in [0, 0.05) is 5.69 Å². The Hall–Kier alpha value is -2.11. The molecule has 0 fully saturated rings. The van der Waals surface area contributed by atoms with Gasteiger partial charge in [-0.1, -0.05) is 0 Å². The number of carbonyl (C=O) groups excluding carboxylic acids is 1. The summed E-state index contributed by atoms with van der Waals surface area (Å²) >= 11 is 0. The number of esters is 1. The molecule has 0 saturated heterocycles. The highest BCUT2D eigenvalue weighted by Crippen LogP contribution is 2.12. The lowest BCUT2D eigenvalue weighted by atomic mass is 10.2. The number of ether oxygens (including phenoxy) is 1. The number of anilines is 1. The molecule has 15 heavy (non-hydrogen) atoms. The van der Waals surface area contributed by atoms with Crippen LogP contribution in [0.25, 0.3) is 0 Å². The van der Waals surface area contributed by atoms with E-state index in [1.165, 1.54) is 6.07 Å². The molecule has 0 amide bonds. The molecule has 0 spiro atoms. The van der Waals surface area contributed by atoms with Gasteiger partial charge >= 0.3 is 11.9 Å². The Morgan fingerprint density at radius 1 is 1.47 bits per heavy atom. The molecule has 80 valence electrons. The van der Waals surface area contributed by atoms with E-state index in [0.29, 0.717) is 0 Å². The summed E-state index contributed by atoms with van der Waals surface area (Å²) < 4.78 is 17.4. The van der Waals surface area contributed by atoms with Crippen LogP contribution >= 0.6 is 0 Å². The maximum atomic E-state index is 13.1. The van der Waals surface area contributed by atoms with Gasteiger partial charge in [0.1, 0.15) is 5.82 Å². The van der Waals surface area contributed by atoms with Crippen LogP contribution in [-0.2, 0) is 9.53 Å². The minimum Gasteiger partial charge on any atom is -0.479 e. The Morgan fingerprint density at radius 3 is 2.67 bits per heavy atom. The molecule has 0 aliphatic rings. The molecule has 0 heterocycles. The number of nitrogen functional groups attached to an aromatic ring is 1. The molecule has 1 rings (SSSR count). The predicted molar refractivity (Wildman–Crippen MR) is 48.7 cm³/mol. The van der Waals surface area contributed by atoms with Crippen molar-refractivity contribution >= 4 is 17.6 Å². The van der Waals surface area contributed by atoms with Gasteiger partial charge in [0.15, 0.2) is 6.61 Å². The Labute approximate surface area is 84.3 Å². The quantitative estimate of drug-likeness (QED) is 0.568. The van der Waals surface area contributed by atoms with E-state index >= 15 is 0 Å². The van der Waals surface area contributed by atoms with Crippen LogP contribution in [0.4, 0.5) is 10.1 Å². The molecule has 5 nitrogen and oxygen atoms in total. The lowest BCUT2D eigenvalue weighted by Gasteiger charge is -2.03. The molecular formula is C9H8FNO4. The number of halogens is 1. The van der Waals surface area contributed by atoms with Crippen molar-refractivity contribution < 1.29 is 23.8 Å². The van der Waals surface area contributed by atoms with Crippen molar-refractivity contribution in [3.63, 3.8) is 0 Å². The van der Waals surface area contributed by atoms with E-state index in [2.05, 4.69) is 4.74 Å². The lowest BCUT2D eigenvalue weighted by molar-refractivity contribution is -0.140. The first kappa shape index (κ1) is 11.0. The fraction of sp³-hybridized carbons (Fsp3) is 0.111. The molecule has 1 aromatic carbocycles. The van der Waals surface area contributed by atoms with Gasteiger partial charge in [0.25, 0.3) is 0 Å². The summed E-state index contributed by atoms with van der Waals surface area (Å²) in [6.45, 7) is -0.803. The largest absolute Gasteiger partial charge is 0.479 e. The van der Waals surface area contributed by atoms with Crippen molar-refractivity contribution in [1.29, 1.82) is 0 Å². The maximum absolute atomic E-state index is 13.1. The number of carboxylic acid groups (broad SMARTS) is 1. The summed E-state index contributed by atoms with van der Waals surface area (Å²) in [5.41, 5.74) is 5.09. The number of hydrogen-bond acceptors (Lipinski definition) is 4. The molecular weight excluding hydrogens is 205 g/mol. The Balaban J connectivity index is 2.78. The highest BCUT2D eigenvalue weighted by Gasteiger charge is 2.14. The van der Waals surface area contributed by atoms with Crippen molar-refractivity contribution in [3.05, 3.63) is 29.6 Å². The second-order valence-corrected chi connectivity index (χ2v) is 2.71. The van der Waals surface area contributed by atoms with E-state index in [9.17, 15) is 14.0 Å². The monoisotopic (exact) mass is 213 g/mol. The molecule has 0 unspecified atom stereocenters. The molecule has 0 aliphatic heterocycles. The van der Waals surface area contributed by atoms with Crippen molar-refractivity contribution in [1.82, 2.24) is 0 Å². The van der Waals surface area contributed by atoms with Gasteiger partial charge in [-0.15, -0.1) is 0 Å². The molecule has 0 radical (unpaired) electrons. The molecule has 6 heteroatoms. The summed E-state index contributed by atoms with van der Waals surface area (Å²) in [5, 5.41) is 8.23. The zero-order chi connectivity index (χ0) is 11.4. The third-order valence-corrected chi connectivity index (χ3v) is 1.54. The summed E-state index contributed by atoms with van der Waals surface area (Å²) in [4.78, 5) is 21.2. The van der Waals surface area contributed by atoms with Gasteiger partial charge < -0.3 is 15.6 Å². The number of aliphatic carboxylic acids is 1. The third kappa shape index (κ3) is 2.94. The van der Waals surface area contributed by atoms with Crippen LogP contribution in [0.5, 0.6) is 0 Å². The van der Waals surface area contributed by atoms with Crippen molar-refractivity contribution in [2.24, 2.45) is 0 Å². The number of benzene rings is 1. The summed E-state index contributed by atoms with van der Waals surface area (Å²) in [6.07, 6.45) is 0. The van der Waals surface area contributed by atoms with Crippen LogP contribution in [0.3, 0.4) is 0 Å². The van der Waals surface area contributed by atoms with Gasteiger partial charge in [0.2, 0.25) is 0 Å². The zero-order valence-electron chi connectivity index (χ0n) is 7.57. The van der Waals surface area contributed by atoms with Crippen LogP contribution < -0.4 is 5.73 Å². The number of hydrogen-bond donors (Lipinski definition) is 2. The minimum atomic E-state index is -1.31. The first-order valence-electron chi connectivity index (χ1n) is 3.94. The number of rotatable bonds is 3. The highest BCUT2D eigenvalue weighted by atomic mass is 19.1. The van der Waals surface area contributed by atoms with Gasteiger partial charge in [0.05, 0.1) is 5.56 Å². The highest BCUT2D eigenvalue weighted by molar-refractivity contribution is 5.91. The van der Waals surface area contributed by atoms with E-state index in [1.807, 2.05) is 0 Å². The van der Waals surface area contributed by atoms with E-state index in [0.717, 1.165) is 12.1 Å². The number of carboxylic acids is 1. The molecule has 0 aromatic heterocycles. The zero-order valence-corrected chi connectivity index (χ0v) is 7.57. The van der Waals surface area contributed by atoms with Crippen LogP contribution in [0.1, 0.15) is 10.4 Å². The number of carbonyl (C=O) groups is 2. The first-order chi connectivity index (χ1) is 7.00. The third-order valence-electron chi connectivity index (χ3n) is 1.54. The van der Waals surface area contributed by atoms with Gasteiger partial charge in [-0.3, -0.25) is 0 Å². The minimum absolute atomic E-state index is 0.169. The van der Waals surface area contributed by atoms with Gasteiger partial charge in [-0.25, -0.2) is 14.0 Å². The molecule has 3 N–H and O–H groups in total. The van der Waals surface area contributed by atoms with Crippen LogP contribution in [0.15, 0.2) is 18.2 Å². The average molecular weight is 213 g/mol. The molecule has 1 aromatic rings. The molecule has 0 saturated carbocycles. The molecule has 0 aliphatic carbocycles. The Bertz CT molecular complexity index is 405. The topological polar surface area (TPSA) is 89.6 Å². The smallest absolute Gasteiger partial charge is 0.341 e. The second kappa shape index (κ2) is 4.41. The standard InChI is InChI=1S/C9H8FNO4/c10-7-3-5(11)1-2-6(7)9(14)15-4-8(12)13/h1-3H,4,11H2,(H,12,13). The van der Waals surface area contributed by atoms with Crippen molar-refractivity contribution in [2.45, 2.75) is 0 Å². The normalized spacial score (nSPS) is 9.67. The van der Waals surface area contributed by atoms with Crippen LogP contribution in [0.2, 0.25) is 0 Å². The van der Waals surface area contributed by atoms with Gasteiger partial charge in [-0.05, 0) is 18.2 Å². The van der Waals surface area contributed by atoms with Gasteiger partial charge in [-0.2, -0.15) is 0 Å². The Kier molecular flexibility index (Phi) is 3.22. The summed E-state index contributed by atoms with van der Waals surface area (Å²) in [7, 11) is 0. The van der Waals surface area contributed by atoms with E-state index in [1.54, 1.807) is 0 Å². The van der Waals surface area contributed by atoms with E-state index < -0.39 is 24.4 Å². The fourth-order valence-corrected chi connectivity index (χ4v) is 0.902. The molecule has 0 atom stereocenters. The molecule has 0 bridgehead atoms. The maximum Gasteiger partial charge on any atom is 0.341 e.